The molecule has 0 saturated carbocycles. The van der Waals surface area contributed by atoms with Gasteiger partial charge in [-0.2, -0.15) is 0 Å². The molecule has 1 aliphatic rings. The fourth-order valence-corrected chi connectivity index (χ4v) is 3.71. The third kappa shape index (κ3) is 3.61. The Hall–Kier alpha value is -3.19. The fraction of sp³-hybridized carbons (Fsp3) is 0.238. The second-order valence-electron chi connectivity index (χ2n) is 7.44. The van der Waals surface area contributed by atoms with E-state index in [4.69, 9.17) is 17.3 Å². The minimum absolute atomic E-state index is 0.0927. The second kappa shape index (κ2) is 7.00. The predicted octanol–water partition coefficient (Wildman–Crippen LogP) is 2.81. The average Bonchev–Trinajstić information content (AvgIpc) is 3.05. The van der Waals surface area contributed by atoms with E-state index in [0.29, 0.717) is 10.7 Å². The number of carbonyl (C=O) groups is 2. The van der Waals surface area contributed by atoms with Crippen molar-refractivity contribution in [1.29, 1.82) is 0 Å². The number of hydrogen-bond acceptors (Lipinski definition) is 5. The van der Waals surface area contributed by atoms with E-state index in [-0.39, 0.29) is 30.5 Å². The van der Waals surface area contributed by atoms with Crippen LogP contribution in [0.2, 0.25) is 5.02 Å². The van der Waals surface area contributed by atoms with Crippen molar-refractivity contribution in [2.45, 2.75) is 25.3 Å². The molecule has 1 amide bonds. The van der Waals surface area contributed by atoms with Gasteiger partial charge in [0.1, 0.15) is 5.69 Å². The molecule has 0 aliphatic carbocycles. The van der Waals surface area contributed by atoms with E-state index in [1.54, 1.807) is 36.1 Å². The van der Waals surface area contributed by atoms with Crippen LogP contribution in [0.15, 0.2) is 53.9 Å². The molecular formula is C21H20ClN5O2. The van der Waals surface area contributed by atoms with Crippen LogP contribution in [0.1, 0.15) is 35.0 Å². The van der Waals surface area contributed by atoms with Crippen molar-refractivity contribution in [3.8, 4) is 0 Å². The van der Waals surface area contributed by atoms with Crippen LogP contribution in [0.25, 0.3) is 5.52 Å². The Kier molecular flexibility index (Phi) is 4.62. The van der Waals surface area contributed by atoms with Crippen LogP contribution in [0.3, 0.4) is 0 Å². The van der Waals surface area contributed by atoms with Crippen LogP contribution in [0.5, 0.6) is 0 Å². The molecule has 0 fully saturated rings. The van der Waals surface area contributed by atoms with E-state index >= 15 is 0 Å². The number of rotatable bonds is 4. The summed E-state index contributed by atoms with van der Waals surface area (Å²) in [6, 6.07) is 11.0. The molecule has 1 atom stereocenters. The van der Waals surface area contributed by atoms with E-state index in [0.717, 1.165) is 16.6 Å². The van der Waals surface area contributed by atoms with Gasteiger partial charge in [0.15, 0.2) is 11.7 Å². The SMILES string of the molecule is CN1C(=O)CC(C)(c2cccc(CC(=O)c3cc4cc(Cl)cn4cn3)c2)N=C1N. The Morgan fingerprint density at radius 1 is 1.31 bits per heavy atom. The number of fused-ring (bicyclic) bond motifs is 1. The number of carbonyl (C=O) groups excluding carboxylic acids is 2. The smallest absolute Gasteiger partial charge is 0.231 e. The summed E-state index contributed by atoms with van der Waals surface area (Å²) in [7, 11) is 1.61. The highest BCUT2D eigenvalue weighted by atomic mass is 35.5. The molecule has 2 N–H and O–H groups in total. The maximum absolute atomic E-state index is 12.8. The number of benzene rings is 1. The van der Waals surface area contributed by atoms with Gasteiger partial charge in [-0.15, -0.1) is 0 Å². The van der Waals surface area contributed by atoms with E-state index in [1.165, 1.54) is 4.90 Å². The number of aromatic nitrogens is 2. The Balaban J connectivity index is 1.60. The molecule has 1 aromatic carbocycles. The maximum atomic E-state index is 12.8. The molecule has 0 saturated heterocycles. The summed E-state index contributed by atoms with van der Waals surface area (Å²) < 4.78 is 1.76. The molecule has 2 aromatic heterocycles. The summed E-state index contributed by atoms with van der Waals surface area (Å²) in [6.07, 6.45) is 3.72. The molecule has 8 heteroatoms. The van der Waals surface area contributed by atoms with Gasteiger partial charge in [0.05, 0.1) is 28.8 Å². The van der Waals surface area contributed by atoms with E-state index < -0.39 is 5.54 Å². The topological polar surface area (TPSA) is 93.1 Å². The first kappa shape index (κ1) is 19.1. The number of ketones is 1. The minimum atomic E-state index is -0.757. The van der Waals surface area contributed by atoms with Gasteiger partial charge in [0, 0.05) is 19.7 Å². The molecule has 0 radical (unpaired) electrons. The lowest BCUT2D eigenvalue weighted by atomic mass is 9.86. The largest absolute Gasteiger partial charge is 0.369 e. The first-order valence-corrected chi connectivity index (χ1v) is 9.51. The van der Waals surface area contributed by atoms with Gasteiger partial charge in [-0.25, -0.2) is 9.98 Å². The quantitative estimate of drug-likeness (QED) is 0.670. The van der Waals surface area contributed by atoms with Crippen molar-refractivity contribution < 1.29 is 9.59 Å². The molecule has 3 heterocycles. The number of aliphatic imine (C=N–C) groups is 1. The summed E-state index contributed by atoms with van der Waals surface area (Å²) in [5, 5.41) is 0.588. The van der Waals surface area contributed by atoms with Crippen LogP contribution >= 0.6 is 11.6 Å². The zero-order valence-corrected chi connectivity index (χ0v) is 16.8. The highest BCUT2D eigenvalue weighted by Crippen LogP contribution is 2.33. The van der Waals surface area contributed by atoms with E-state index in [2.05, 4.69) is 9.98 Å². The zero-order chi connectivity index (χ0) is 20.8. The van der Waals surface area contributed by atoms with Gasteiger partial charge >= 0.3 is 0 Å². The van der Waals surface area contributed by atoms with Crippen molar-refractivity contribution in [2.24, 2.45) is 10.7 Å². The fourth-order valence-electron chi connectivity index (χ4n) is 3.50. The summed E-state index contributed by atoms with van der Waals surface area (Å²) in [4.78, 5) is 35.1. The Bertz CT molecular complexity index is 1170. The van der Waals surface area contributed by atoms with Crippen LogP contribution in [-0.2, 0) is 16.8 Å². The summed E-state index contributed by atoms with van der Waals surface area (Å²) in [5.74, 6) is -0.00646. The number of hydrogen-bond donors (Lipinski definition) is 1. The molecule has 0 bridgehead atoms. The first-order valence-electron chi connectivity index (χ1n) is 9.13. The number of nitrogens with two attached hydrogens (primary N) is 1. The number of guanidine groups is 1. The number of amides is 1. The standard InChI is InChI=1S/C21H20ClN5O2/c1-21(10-19(29)26(2)20(23)25-21)14-5-3-4-13(6-14)7-18(28)17-9-16-8-15(22)11-27(16)12-24-17/h3-6,8-9,11-12H,7,10H2,1-2H3,(H2,23,25). The second-order valence-corrected chi connectivity index (χ2v) is 7.87. The van der Waals surface area contributed by atoms with Crippen molar-refractivity contribution >= 4 is 34.8 Å². The molecule has 4 rings (SSSR count). The molecule has 0 spiro atoms. The van der Waals surface area contributed by atoms with E-state index in [9.17, 15) is 9.59 Å². The Morgan fingerprint density at radius 3 is 2.86 bits per heavy atom. The van der Waals surface area contributed by atoms with Gasteiger partial charge in [0.2, 0.25) is 5.91 Å². The molecule has 1 aliphatic heterocycles. The third-order valence-electron chi connectivity index (χ3n) is 5.23. The zero-order valence-electron chi connectivity index (χ0n) is 16.1. The highest BCUT2D eigenvalue weighted by Gasteiger charge is 2.36. The van der Waals surface area contributed by atoms with Crippen LogP contribution < -0.4 is 5.73 Å². The molecule has 148 valence electrons. The summed E-state index contributed by atoms with van der Waals surface area (Å²) in [6.45, 7) is 1.87. The lowest BCUT2D eigenvalue weighted by molar-refractivity contribution is -0.128. The minimum Gasteiger partial charge on any atom is -0.369 e. The summed E-state index contributed by atoms with van der Waals surface area (Å²) in [5.41, 5.74) is 8.00. The van der Waals surface area contributed by atoms with Crippen LogP contribution in [-0.4, -0.2) is 39.0 Å². The average molecular weight is 410 g/mol. The van der Waals surface area contributed by atoms with Gasteiger partial charge in [0.25, 0.3) is 0 Å². The number of nitrogens with zero attached hydrogens (tertiary/aromatic N) is 4. The maximum Gasteiger partial charge on any atom is 0.231 e. The van der Waals surface area contributed by atoms with Gasteiger partial charge < -0.3 is 10.1 Å². The lowest BCUT2D eigenvalue weighted by Gasteiger charge is -2.33. The normalized spacial score (nSPS) is 19.5. The van der Waals surface area contributed by atoms with Crippen LogP contribution in [0.4, 0.5) is 0 Å². The Morgan fingerprint density at radius 2 is 2.10 bits per heavy atom. The molecule has 7 nitrogen and oxygen atoms in total. The molecule has 3 aromatic rings. The van der Waals surface area contributed by atoms with Crippen LogP contribution in [0, 0.1) is 0 Å². The van der Waals surface area contributed by atoms with Crippen molar-refractivity contribution in [3.05, 3.63) is 70.8 Å². The molecule has 29 heavy (non-hydrogen) atoms. The van der Waals surface area contributed by atoms with Crippen molar-refractivity contribution in [3.63, 3.8) is 0 Å². The third-order valence-corrected chi connectivity index (χ3v) is 5.43. The molecular weight excluding hydrogens is 390 g/mol. The van der Waals surface area contributed by atoms with E-state index in [1.807, 2.05) is 31.2 Å². The van der Waals surface area contributed by atoms with Gasteiger partial charge in [-0.05, 0) is 30.2 Å². The Labute approximate surface area is 172 Å². The monoisotopic (exact) mass is 409 g/mol. The van der Waals surface area contributed by atoms with Gasteiger partial charge in [-0.3, -0.25) is 14.5 Å². The highest BCUT2D eigenvalue weighted by molar-refractivity contribution is 6.31. The van der Waals surface area contributed by atoms with Gasteiger partial charge in [-0.1, -0.05) is 35.9 Å². The lowest BCUT2D eigenvalue weighted by Crippen LogP contribution is -2.47. The first-order chi connectivity index (χ1) is 13.7. The molecule has 1 unspecified atom stereocenters. The number of halogens is 1. The van der Waals surface area contributed by atoms with Crippen molar-refractivity contribution in [1.82, 2.24) is 14.3 Å². The number of Topliss-reactive ketones (excluding diaryl/α,β-unsaturated/α-hetero) is 1. The summed E-state index contributed by atoms with van der Waals surface area (Å²) >= 11 is 6.00. The predicted molar refractivity (Wildman–Crippen MR) is 111 cm³/mol. The van der Waals surface area contributed by atoms with Crippen molar-refractivity contribution in [2.75, 3.05) is 7.05 Å².